The maximum absolute atomic E-state index is 13.0. The third kappa shape index (κ3) is 0.668. The molecule has 8 rings (SSSR count). The zero-order valence-corrected chi connectivity index (χ0v) is 12.3. The SMILES string of the molecule is O=C1[C@@H]2C=C[C@]34C(=O)C=C(Br)[C@@]35[C@@H]3C=C[C@@H]([C@H]2C[C@@H]34)[C@H]15. The molecule has 0 aromatic rings. The molecular formula is C17H13BrO2. The van der Waals surface area contributed by atoms with E-state index < -0.39 is 5.41 Å². The highest BCUT2D eigenvalue weighted by Crippen LogP contribution is 2.84. The van der Waals surface area contributed by atoms with Crippen molar-refractivity contribution < 1.29 is 9.59 Å². The van der Waals surface area contributed by atoms with Gasteiger partial charge in [-0.2, -0.15) is 0 Å². The molecule has 0 amide bonds. The van der Waals surface area contributed by atoms with Crippen molar-refractivity contribution in [1.29, 1.82) is 0 Å². The minimum Gasteiger partial charge on any atom is -0.299 e. The number of allylic oxidation sites excluding steroid dienone is 6. The Kier molecular flexibility index (Phi) is 1.45. The lowest BCUT2D eigenvalue weighted by Crippen LogP contribution is -2.68. The summed E-state index contributed by atoms with van der Waals surface area (Å²) in [5.41, 5.74) is -0.665. The molecule has 0 N–H and O–H groups in total. The van der Waals surface area contributed by atoms with Crippen LogP contribution in [0.2, 0.25) is 0 Å². The fraction of sp³-hybridized carbons (Fsp3) is 0.529. The summed E-state index contributed by atoms with van der Waals surface area (Å²) in [6.07, 6.45) is 11.7. The molecule has 0 saturated heterocycles. The molecule has 0 radical (unpaired) electrons. The van der Waals surface area contributed by atoms with Crippen LogP contribution in [0.25, 0.3) is 0 Å². The van der Waals surface area contributed by atoms with E-state index in [-0.39, 0.29) is 23.0 Å². The minimum absolute atomic E-state index is 0.0262. The first-order chi connectivity index (χ1) is 9.64. The number of ketones is 2. The Balaban J connectivity index is 1.81. The molecule has 8 atom stereocenters. The van der Waals surface area contributed by atoms with E-state index in [1.807, 2.05) is 0 Å². The number of Topliss-reactive ketones (excluding diaryl/α,β-unsaturated/α-hetero) is 1. The van der Waals surface area contributed by atoms with Crippen LogP contribution in [-0.4, -0.2) is 11.6 Å². The van der Waals surface area contributed by atoms with Gasteiger partial charge in [-0.3, -0.25) is 9.59 Å². The fourth-order valence-electron chi connectivity index (χ4n) is 6.97. The van der Waals surface area contributed by atoms with Crippen molar-refractivity contribution in [1.82, 2.24) is 0 Å². The molecule has 3 saturated carbocycles. The van der Waals surface area contributed by atoms with Crippen molar-refractivity contribution in [3.63, 3.8) is 0 Å². The second-order valence-corrected chi connectivity index (χ2v) is 8.21. The summed E-state index contributed by atoms with van der Waals surface area (Å²) in [6, 6.07) is 0. The minimum atomic E-state index is -0.403. The van der Waals surface area contributed by atoms with Crippen LogP contribution in [0.5, 0.6) is 0 Å². The van der Waals surface area contributed by atoms with Gasteiger partial charge in [-0.25, -0.2) is 0 Å². The van der Waals surface area contributed by atoms with Crippen molar-refractivity contribution >= 4 is 27.5 Å². The predicted octanol–water partition coefficient (Wildman–Crippen LogP) is 2.66. The van der Waals surface area contributed by atoms with Crippen molar-refractivity contribution in [3.05, 3.63) is 34.9 Å². The van der Waals surface area contributed by atoms with Gasteiger partial charge in [0.05, 0.1) is 5.41 Å². The molecule has 0 aromatic carbocycles. The highest BCUT2D eigenvalue weighted by atomic mass is 79.9. The van der Waals surface area contributed by atoms with E-state index in [1.54, 1.807) is 6.08 Å². The van der Waals surface area contributed by atoms with Gasteiger partial charge < -0.3 is 0 Å². The average molecular weight is 329 g/mol. The summed E-state index contributed by atoms with van der Waals surface area (Å²) in [5.74, 6) is 2.29. The number of halogens is 1. The highest BCUT2D eigenvalue weighted by molar-refractivity contribution is 9.11. The van der Waals surface area contributed by atoms with E-state index >= 15 is 0 Å². The van der Waals surface area contributed by atoms with Gasteiger partial charge in [-0.05, 0) is 36.2 Å². The third-order valence-corrected chi connectivity index (χ3v) is 8.27. The lowest BCUT2D eigenvalue weighted by molar-refractivity contribution is -0.172. The van der Waals surface area contributed by atoms with Crippen LogP contribution >= 0.6 is 15.9 Å². The highest BCUT2D eigenvalue weighted by Gasteiger charge is 2.85. The Bertz CT molecular complexity index is 717. The van der Waals surface area contributed by atoms with Gasteiger partial charge >= 0.3 is 0 Å². The molecule has 8 aliphatic rings. The van der Waals surface area contributed by atoms with Crippen molar-refractivity contribution in [2.45, 2.75) is 6.42 Å². The largest absolute Gasteiger partial charge is 0.299 e. The normalized spacial score (nSPS) is 62.5. The standard InChI is InChI=1S/C17H13BrO2/c18-12-6-13(19)16-4-3-8-9-5-11(16)10-2-1-7(9)14(15(8)20)17(10,12)16/h1-4,6-11,14H,5H2/t7-,8+,9+,10+,11-,14+,16-,17+/m0/s1. The number of carbonyl (C=O) groups is 2. The monoisotopic (exact) mass is 328 g/mol. The van der Waals surface area contributed by atoms with Gasteiger partial charge in [0.15, 0.2) is 5.78 Å². The summed E-state index contributed by atoms with van der Waals surface area (Å²) in [6.45, 7) is 0. The number of hydrogen-bond acceptors (Lipinski definition) is 2. The van der Waals surface area contributed by atoms with Crippen LogP contribution < -0.4 is 0 Å². The van der Waals surface area contributed by atoms with E-state index in [0.29, 0.717) is 29.5 Å². The lowest BCUT2D eigenvalue weighted by Gasteiger charge is -2.66. The van der Waals surface area contributed by atoms with Crippen LogP contribution in [0.1, 0.15) is 6.42 Å². The van der Waals surface area contributed by atoms with Crippen LogP contribution in [-0.2, 0) is 9.59 Å². The molecule has 100 valence electrons. The molecule has 2 spiro atoms. The molecule has 3 heteroatoms. The molecule has 0 heterocycles. The Labute approximate surface area is 125 Å². The summed E-state index contributed by atoms with van der Waals surface area (Å²) < 4.78 is 0.997. The maximum atomic E-state index is 13.0. The quantitative estimate of drug-likeness (QED) is 0.641. The molecule has 0 unspecified atom stereocenters. The molecular weight excluding hydrogens is 316 g/mol. The molecule has 3 fully saturated rings. The van der Waals surface area contributed by atoms with E-state index in [4.69, 9.17) is 0 Å². The maximum Gasteiger partial charge on any atom is 0.167 e. The van der Waals surface area contributed by atoms with Crippen LogP contribution in [0.4, 0.5) is 0 Å². The molecule has 0 aromatic heterocycles. The van der Waals surface area contributed by atoms with Crippen molar-refractivity contribution in [2.75, 3.05) is 0 Å². The summed E-state index contributed by atoms with van der Waals surface area (Å²) >= 11 is 3.69. The average Bonchev–Trinajstić information content (AvgIpc) is 2.69. The fourth-order valence-corrected chi connectivity index (χ4v) is 8.02. The van der Waals surface area contributed by atoms with Gasteiger partial charge in [-0.15, -0.1) is 0 Å². The molecule has 2 nitrogen and oxygen atoms in total. The topological polar surface area (TPSA) is 34.1 Å². The predicted molar refractivity (Wildman–Crippen MR) is 75.7 cm³/mol. The summed E-state index contributed by atoms with van der Waals surface area (Å²) in [4.78, 5) is 25.8. The lowest BCUT2D eigenvalue weighted by atomic mass is 9.34. The van der Waals surface area contributed by atoms with E-state index in [0.717, 1.165) is 10.9 Å². The zero-order chi connectivity index (χ0) is 13.4. The zero-order valence-electron chi connectivity index (χ0n) is 10.8. The van der Waals surface area contributed by atoms with Crippen molar-refractivity contribution in [2.24, 2.45) is 46.3 Å². The van der Waals surface area contributed by atoms with E-state index in [9.17, 15) is 9.59 Å². The Hall–Kier alpha value is -0.960. The van der Waals surface area contributed by atoms with Crippen LogP contribution in [0.3, 0.4) is 0 Å². The number of rotatable bonds is 0. The smallest absolute Gasteiger partial charge is 0.167 e. The Morgan fingerprint density at radius 3 is 2.90 bits per heavy atom. The Morgan fingerprint density at radius 2 is 2.05 bits per heavy atom. The number of carbonyl (C=O) groups excluding carboxylic acids is 2. The van der Waals surface area contributed by atoms with Crippen LogP contribution in [0.15, 0.2) is 34.9 Å². The van der Waals surface area contributed by atoms with Gasteiger partial charge in [-0.1, -0.05) is 40.2 Å². The third-order valence-electron chi connectivity index (χ3n) is 7.39. The summed E-state index contributed by atoms with van der Waals surface area (Å²) in [5, 5.41) is 0. The first-order valence-electron chi connectivity index (χ1n) is 7.47. The second-order valence-electron chi connectivity index (χ2n) is 7.35. The first kappa shape index (κ1) is 10.7. The van der Waals surface area contributed by atoms with Gasteiger partial charge in [0.25, 0.3) is 0 Å². The van der Waals surface area contributed by atoms with Gasteiger partial charge in [0, 0.05) is 21.7 Å². The summed E-state index contributed by atoms with van der Waals surface area (Å²) in [7, 11) is 0. The van der Waals surface area contributed by atoms with Gasteiger partial charge in [0.2, 0.25) is 0 Å². The van der Waals surface area contributed by atoms with E-state index in [1.165, 1.54) is 0 Å². The molecule has 8 bridgehead atoms. The van der Waals surface area contributed by atoms with Crippen molar-refractivity contribution in [3.8, 4) is 0 Å². The number of hydrogen-bond donors (Lipinski definition) is 0. The second kappa shape index (κ2) is 2.70. The van der Waals surface area contributed by atoms with Gasteiger partial charge in [0.1, 0.15) is 5.78 Å². The first-order valence-corrected chi connectivity index (χ1v) is 8.27. The van der Waals surface area contributed by atoms with E-state index in [2.05, 4.69) is 40.2 Å². The molecule has 20 heavy (non-hydrogen) atoms. The Morgan fingerprint density at radius 1 is 1.20 bits per heavy atom. The van der Waals surface area contributed by atoms with Crippen LogP contribution in [0, 0.1) is 46.3 Å². The molecule has 8 aliphatic carbocycles. The molecule has 0 aliphatic heterocycles.